The second-order valence-corrected chi connectivity index (χ2v) is 5.82. The predicted molar refractivity (Wildman–Crippen MR) is 79.8 cm³/mol. The lowest BCUT2D eigenvalue weighted by molar-refractivity contribution is -0.144. The quantitative estimate of drug-likeness (QED) is 0.810. The van der Waals surface area contributed by atoms with Crippen LogP contribution in [0.5, 0.6) is 0 Å². The van der Waals surface area contributed by atoms with Crippen LogP contribution in [0.1, 0.15) is 25.3 Å². The van der Waals surface area contributed by atoms with Gasteiger partial charge in [-0.25, -0.2) is 0 Å². The summed E-state index contributed by atoms with van der Waals surface area (Å²) in [4.78, 5) is 25.7. The van der Waals surface area contributed by atoms with Crippen molar-refractivity contribution in [3.63, 3.8) is 0 Å². The highest BCUT2D eigenvalue weighted by Gasteiger charge is 2.26. The molecule has 2 amide bonds. The minimum Gasteiger partial charge on any atom is -0.334 e. The van der Waals surface area contributed by atoms with E-state index in [0.29, 0.717) is 29.7 Å². The standard InChI is InChI=1S/C15H19ClN2O2/c1-10-4-3-7-18(9-10)15(20)14(19)17-12-6-5-11(2)13(16)8-12/h5-6,8,10H,3-4,7,9H2,1-2H3,(H,17,19). The van der Waals surface area contributed by atoms with Gasteiger partial charge in [-0.3, -0.25) is 9.59 Å². The molecule has 2 rings (SSSR count). The first-order valence-corrected chi connectivity index (χ1v) is 7.21. The molecule has 0 saturated carbocycles. The van der Waals surface area contributed by atoms with Gasteiger partial charge in [0.25, 0.3) is 0 Å². The molecule has 1 aliphatic heterocycles. The Labute approximate surface area is 124 Å². The van der Waals surface area contributed by atoms with Gasteiger partial charge in [-0.15, -0.1) is 0 Å². The number of hydrogen-bond acceptors (Lipinski definition) is 2. The minimum atomic E-state index is -0.598. The largest absolute Gasteiger partial charge is 0.334 e. The van der Waals surface area contributed by atoms with Gasteiger partial charge < -0.3 is 10.2 Å². The number of rotatable bonds is 1. The Morgan fingerprint density at radius 2 is 2.15 bits per heavy atom. The van der Waals surface area contributed by atoms with Crippen LogP contribution in [-0.4, -0.2) is 29.8 Å². The molecule has 1 N–H and O–H groups in total. The highest BCUT2D eigenvalue weighted by Crippen LogP contribution is 2.20. The molecular formula is C15H19ClN2O2. The molecule has 1 aromatic carbocycles. The molecule has 20 heavy (non-hydrogen) atoms. The Morgan fingerprint density at radius 1 is 1.40 bits per heavy atom. The van der Waals surface area contributed by atoms with Crippen molar-refractivity contribution < 1.29 is 9.59 Å². The highest BCUT2D eigenvalue weighted by molar-refractivity contribution is 6.39. The summed E-state index contributed by atoms with van der Waals surface area (Å²) in [6.07, 6.45) is 2.06. The fraction of sp³-hybridized carbons (Fsp3) is 0.467. The lowest BCUT2D eigenvalue weighted by Gasteiger charge is -2.30. The van der Waals surface area contributed by atoms with Crippen LogP contribution in [0.3, 0.4) is 0 Å². The number of halogens is 1. The Balaban J connectivity index is 2.00. The number of anilines is 1. The van der Waals surface area contributed by atoms with E-state index in [0.717, 1.165) is 18.4 Å². The molecule has 1 fully saturated rings. The molecule has 0 radical (unpaired) electrons. The normalized spacial score (nSPS) is 18.8. The van der Waals surface area contributed by atoms with E-state index in [1.807, 2.05) is 13.0 Å². The molecule has 0 aromatic heterocycles. The van der Waals surface area contributed by atoms with E-state index >= 15 is 0 Å². The number of likely N-dealkylation sites (tertiary alicyclic amines) is 1. The Morgan fingerprint density at radius 3 is 2.80 bits per heavy atom. The van der Waals surface area contributed by atoms with Crippen LogP contribution in [0.2, 0.25) is 5.02 Å². The van der Waals surface area contributed by atoms with E-state index in [1.165, 1.54) is 0 Å². The summed E-state index contributed by atoms with van der Waals surface area (Å²) in [5.41, 5.74) is 1.48. The van der Waals surface area contributed by atoms with Gasteiger partial charge in [0.1, 0.15) is 0 Å². The molecule has 108 valence electrons. The van der Waals surface area contributed by atoms with E-state index < -0.39 is 11.8 Å². The second-order valence-electron chi connectivity index (χ2n) is 5.42. The summed E-state index contributed by atoms with van der Waals surface area (Å²) in [5.74, 6) is -0.610. The van der Waals surface area contributed by atoms with Gasteiger partial charge >= 0.3 is 11.8 Å². The van der Waals surface area contributed by atoms with Crippen molar-refractivity contribution >= 4 is 29.1 Å². The molecule has 1 atom stereocenters. The lowest BCUT2D eigenvalue weighted by Crippen LogP contribution is -2.44. The van der Waals surface area contributed by atoms with Crippen LogP contribution in [0.15, 0.2) is 18.2 Å². The van der Waals surface area contributed by atoms with Crippen molar-refractivity contribution in [2.24, 2.45) is 5.92 Å². The molecule has 1 aromatic rings. The van der Waals surface area contributed by atoms with Gasteiger partial charge in [0, 0.05) is 23.8 Å². The van der Waals surface area contributed by atoms with Gasteiger partial charge in [0.15, 0.2) is 0 Å². The molecule has 1 aliphatic rings. The molecule has 0 spiro atoms. The van der Waals surface area contributed by atoms with Crippen molar-refractivity contribution in [1.82, 2.24) is 4.90 Å². The number of carbonyl (C=O) groups excluding carboxylic acids is 2. The minimum absolute atomic E-state index is 0.453. The fourth-order valence-corrected chi connectivity index (χ4v) is 2.55. The first-order valence-electron chi connectivity index (χ1n) is 6.84. The average molecular weight is 295 g/mol. The van der Waals surface area contributed by atoms with Crippen LogP contribution >= 0.6 is 11.6 Å². The molecule has 4 nitrogen and oxygen atoms in total. The summed E-state index contributed by atoms with van der Waals surface area (Å²) < 4.78 is 0. The Bertz CT molecular complexity index is 531. The summed E-state index contributed by atoms with van der Waals surface area (Å²) in [7, 11) is 0. The maximum Gasteiger partial charge on any atom is 0.313 e. The third-order valence-corrected chi connectivity index (χ3v) is 3.98. The topological polar surface area (TPSA) is 49.4 Å². The number of aryl methyl sites for hydroxylation is 1. The van der Waals surface area contributed by atoms with E-state index in [9.17, 15) is 9.59 Å². The van der Waals surface area contributed by atoms with Gasteiger partial charge in [-0.1, -0.05) is 24.6 Å². The maximum atomic E-state index is 12.1. The van der Waals surface area contributed by atoms with Crippen LogP contribution in [-0.2, 0) is 9.59 Å². The third-order valence-electron chi connectivity index (χ3n) is 3.57. The van der Waals surface area contributed by atoms with Crippen LogP contribution in [0.4, 0.5) is 5.69 Å². The van der Waals surface area contributed by atoms with Crippen molar-refractivity contribution in [3.05, 3.63) is 28.8 Å². The average Bonchev–Trinajstić information content (AvgIpc) is 2.42. The van der Waals surface area contributed by atoms with Crippen molar-refractivity contribution in [1.29, 1.82) is 0 Å². The van der Waals surface area contributed by atoms with E-state index in [1.54, 1.807) is 17.0 Å². The number of hydrogen-bond donors (Lipinski definition) is 1. The highest BCUT2D eigenvalue weighted by atomic mass is 35.5. The number of carbonyl (C=O) groups is 2. The fourth-order valence-electron chi connectivity index (χ4n) is 2.37. The summed E-state index contributed by atoms with van der Waals surface area (Å²) in [5, 5.41) is 3.18. The summed E-state index contributed by atoms with van der Waals surface area (Å²) >= 11 is 6.00. The van der Waals surface area contributed by atoms with Gasteiger partial charge in [0.05, 0.1) is 0 Å². The van der Waals surface area contributed by atoms with Crippen LogP contribution < -0.4 is 5.32 Å². The second kappa shape index (κ2) is 6.27. The number of nitrogens with zero attached hydrogens (tertiary/aromatic N) is 1. The number of piperidine rings is 1. The molecule has 0 bridgehead atoms. The van der Waals surface area contributed by atoms with Gasteiger partial charge in [-0.05, 0) is 43.4 Å². The first kappa shape index (κ1) is 14.9. The van der Waals surface area contributed by atoms with Gasteiger partial charge in [-0.2, -0.15) is 0 Å². The van der Waals surface area contributed by atoms with Crippen LogP contribution in [0.25, 0.3) is 0 Å². The summed E-state index contributed by atoms with van der Waals surface area (Å²) in [6.45, 7) is 5.29. The third kappa shape index (κ3) is 3.51. The van der Waals surface area contributed by atoms with E-state index in [4.69, 9.17) is 11.6 Å². The number of nitrogens with one attached hydrogen (secondary N) is 1. The van der Waals surface area contributed by atoms with E-state index in [2.05, 4.69) is 12.2 Å². The first-order chi connectivity index (χ1) is 9.47. The molecule has 1 heterocycles. The number of benzene rings is 1. The van der Waals surface area contributed by atoms with Gasteiger partial charge in [0.2, 0.25) is 0 Å². The monoisotopic (exact) mass is 294 g/mol. The predicted octanol–water partition coefficient (Wildman–Crippen LogP) is 2.85. The van der Waals surface area contributed by atoms with E-state index in [-0.39, 0.29) is 0 Å². The molecular weight excluding hydrogens is 276 g/mol. The Kier molecular flexibility index (Phi) is 4.65. The maximum absolute atomic E-state index is 12.1. The zero-order valence-corrected chi connectivity index (χ0v) is 12.5. The number of amides is 2. The van der Waals surface area contributed by atoms with Crippen molar-refractivity contribution in [2.75, 3.05) is 18.4 Å². The molecule has 5 heteroatoms. The van der Waals surface area contributed by atoms with Crippen LogP contribution in [0, 0.1) is 12.8 Å². The SMILES string of the molecule is Cc1ccc(NC(=O)C(=O)N2CCCC(C)C2)cc1Cl. The van der Waals surface area contributed by atoms with Crippen molar-refractivity contribution in [3.8, 4) is 0 Å². The molecule has 0 aliphatic carbocycles. The lowest BCUT2D eigenvalue weighted by atomic mass is 10.0. The zero-order valence-electron chi connectivity index (χ0n) is 11.8. The smallest absolute Gasteiger partial charge is 0.313 e. The zero-order chi connectivity index (χ0) is 14.7. The molecule has 1 saturated heterocycles. The summed E-state index contributed by atoms with van der Waals surface area (Å²) in [6, 6.07) is 5.21. The van der Waals surface area contributed by atoms with Crippen molar-refractivity contribution in [2.45, 2.75) is 26.7 Å². The Hall–Kier alpha value is -1.55. The molecule has 1 unspecified atom stereocenters.